The van der Waals surface area contributed by atoms with Gasteiger partial charge in [-0.05, 0) is 27.7 Å². The van der Waals surface area contributed by atoms with Crippen molar-refractivity contribution in [2.45, 2.75) is 47.0 Å². The lowest BCUT2D eigenvalue weighted by Crippen LogP contribution is -2.19. The van der Waals surface area contributed by atoms with Gasteiger partial charge in [0.15, 0.2) is 0 Å². The second kappa shape index (κ2) is 21.9. The van der Waals surface area contributed by atoms with Gasteiger partial charge in [-0.25, -0.2) is 0 Å². The maximum atomic E-state index is 10.0. The van der Waals surface area contributed by atoms with E-state index in [1.807, 2.05) is 5.32 Å². The van der Waals surface area contributed by atoms with Crippen molar-refractivity contribution in [1.82, 2.24) is 5.32 Å². The van der Waals surface area contributed by atoms with E-state index in [0.717, 1.165) is 0 Å². The monoisotopic (exact) mass is 705 g/mol. The molecule has 1 aliphatic rings. The van der Waals surface area contributed by atoms with E-state index >= 15 is 0 Å². The van der Waals surface area contributed by atoms with Crippen LogP contribution in [0.5, 0.6) is 0 Å². The topological polar surface area (TPSA) is 195 Å². The van der Waals surface area contributed by atoms with Crippen LogP contribution in [0.4, 0.5) is 0 Å². The fourth-order valence-corrected chi connectivity index (χ4v) is 0.356. The Morgan fingerprint density at radius 2 is 0.742 bits per heavy atom. The minimum absolute atomic E-state index is 0.329. The van der Waals surface area contributed by atoms with Crippen molar-refractivity contribution in [2.24, 2.45) is 0 Å². The van der Waals surface area contributed by atoms with Gasteiger partial charge in [-0.1, -0.05) is 63.7 Å². The highest BCUT2D eigenvalue weighted by molar-refractivity contribution is 9.10. The average molecular weight is 709 g/mol. The van der Waals surface area contributed by atoms with Crippen LogP contribution in [0, 0.1) is 0 Å². The molecule has 0 fully saturated rings. The summed E-state index contributed by atoms with van der Waals surface area (Å²) in [5.41, 5.74) is 0. The summed E-state index contributed by atoms with van der Waals surface area (Å²) in [6.07, 6.45) is 2.39. The van der Waals surface area contributed by atoms with Crippen molar-refractivity contribution in [3.05, 3.63) is 12.2 Å². The molecule has 1 aliphatic heterocycles. The molecule has 5 N–H and O–H groups in total. The number of carboxylic acid groups (broad SMARTS) is 4. The first kappa shape index (κ1) is 37.0. The molecular formula is C16H23Br4NO10. The molecule has 0 saturated heterocycles. The van der Waals surface area contributed by atoms with E-state index in [4.69, 9.17) is 20.4 Å². The van der Waals surface area contributed by atoms with Crippen molar-refractivity contribution >= 4 is 99.4 Å². The SMILES string of the molecule is CC(Br)C(=O)O.CC(Br)C(=O)O.CC(Br)C(=O)O.CC(Br)C(=O)O.O=C1C=CC(=O)N1. The Labute approximate surface area is 212 Å². The molecule has 0 spiro atoms. The molecule has 4 atom stereocenters. The molecule has 0 aromatic heterocycles. The number of hydrogen-bond acceptors (Lipinski definition) is 6. The second-order valence-electron chi connectivity index (χ2n) is 5.00. The number of hydrogen-bond donors (Lipinski definition) is 5. The fourth-order valence-electron chi connectivity index (χ4n) is 0.356. The van der Waals surface area contributed by atoms with E-state index in [1.165, 1.54) is 12.2 Å². The number of halogens is 4. The minimum atomic E-state index is -0.824. The third kappa shape index (κ3) is 36.4. The molecule has 15 heteroatoms. The van der Waals surface area contributed by atoms with Gasteiger partial charge in [0.05, 0.1) is 0 Å². The summed E-state index contributed by atoms with van der Waals surface area (Å²) in [6, 6.07) is 0. The van der Waals surface area contributed by atoms with E-state index < -0.39 is 43.2 Å². The molecule has 4 unspecified atom stereocenters. The zero-order valence-corrected chi connectivity index (χ0v) is 23.1. The first-order valence-electron chi connectivity index (χ1n) is 7.87. The van der Waals surface area contributed by atoms with Gasteiger partial charge in [-0.15, -0.1) is 0 Å². The standard InChI is InChI=1S/C4H3NO2.4C3H5BrO2/c6-3-1-2-4(7)5-3;4*1-2(4)3(5)6/h1-2H,(H,5,6,7);4*2H,1H3,(H,5,6). The quantitative estimate of drug-likeness (QED) is 0.214. The maximum absolute atomic E-state index is 10.0. The normalized spacial score (nSPS) is 14.6. The number of imide groups is 1. The van der Waals surface area contributed by atoms with Gasteiger partial charge in [-0.3, -0.25) is 34.1 Å². The number of carbonyl (C=O) groups excluding carboxylic acids is 2. The Balaban J connectivity index is -0.000000147. The third-order valence-corrected chi connectivity index (χ3v) is 3.56. The Kier molecular flexibility index (Phi) is 26.1. The number of amides is 2. The van der Waals surface area contributed by atoms with Crippen LogP contribution < -0.4 is 5.32 Å². The van der Waals surface area contributed by atoms with Crippen molar-refractivity contribution in [3.63, 3.8) is 0 Å². The molecule has 31 heavy (non-hydrogen) atoms. The first-order chi connectivity index (χ1) is 13.9. The van der Waals surface area contributed by atoms with Crippen LogP contribution in [0.25, 0.3) is 0 Å². The van der Waals surface area contributed by atoms with Gasteiger partial charge < -0.3 is 20.4 Å². The highest BCUT2D eigenvalue weighted by atomic mass is 79.9. The van der Waals surface area contributed by atoms with Crippen molar-refractivity contribution < 1.29 is 49.2 Å². The molecule has 180 valence electrons. The molecule has 0 aromatic carbocycles. The van der Waals surface area contributed by atoms with E-state index in [0.29, 0.717) is 0 Å². The van der Waals surface area contributed by atoms with Crippen LogP contribution in [0.3, 0.4) is 0 Å². The van der Waals surface area contributed by atoms with Crippen LogP contribution in [-0.4, -0.2) is 75.4 Å². The van der Waals surface area contributed by atoms with E-state index in [9.17, 15) is 28.8 Å². The number of nitrogens with one attached hydrogen (secondary N) is 1. The molecule has 0 saturated carbocycles. The Morgan fingerprint density at radius 3 is 0.774 bits per heavy atom. The lowest BCUT2D eigenvalue weighted by molar-refractivity contribution is -0.136. The zero-order chi connectivity index (χ0) is 25.9. The summed E-state index contributed by atoms with van der Waals surface area (Å²) in [5, 5.41) is 33.8. The highest BCUT2D eigenvalue weighted by Gasteiger charge is 2.07. The number of alkyl halides is 4. The summed E-state index contributed by atoms with van der Waals surface area (Å²) in [7, 11) is 0. The molecule has 0 bridgehead atoms. The molecule has 2 amide bonds. The zero-order valence-electron chi connectivity index (χ0n) is 16.7. The summed E-state index contributed by atoms with van der Waals surface area (Å²) in [6.45, 7) is 6.23. The van der Waals surface area contributed by atoms with Crippen LogP contribution >= 0.6 is 63.7 Å². The summed E-state index contributed by atoms with van der Waals surface area (Å²) in [4.78, 5) is 57.0. The van der Waals surface area contributed by atoms with Gasteiger partial charge >= 0.3 is 23.9 Å². The predicted molar refractivity (Wildman–Crippen MR) is 126 cm³/mol. The number of rotatable bonds is 4. The van der Waals surface area contributed by atoms with Crippen LogP contribution in [-0.2, 0) is 28.8 Å². The molecule has 0 aliphatic carbocycles. The van der Waals surface area contributed by atoms with Crippen molar-refractivity contribution in [2.75, 3.05) is 0 Å². The van der Waals surface area contributed by atoms with Gasteiger partial charge in [0.1, 0.15) is 19.3 Å². The largest absolute Gasteiger partial charge is 0.480 e. The van der Waals surface area contributed by atoms with Crippen molar-refractivity contribution in [1.29, 1.82) is 0 Å². The van der Waals surface area contributed by atoms with Gasteiger partial charge in [0.2, 0.25) is 0 Å². The second-order valence-corrected chi connectivity index (χ2v) is 10.5. The molecule has 1 heterocycles. The maximum Gasteiger partial charge on any atom is 0.316 e. The Bertz CT molecular complexity index is 546. The highest BCUT2D eigenvalue weighted by Crippen LogP contribution is 1.95. The summed E-state index contributed by atoms with van der Waals surface area (Å²) < 4.78 is 0. The summed E-state index contributed by atoms with van der Waals surface area (Å²) >= 11 is 11.4. The van der Waals surface area contributed by atoms with E-state index in [-0.39, 0.29) is 11.8 Å². The number of carboxylic acids is 4. The van der Waals surface area contributed by atoms with Crippen molar-refractivity contribution in [3.8, 4) is 0 Å². The van der Waals surface area contributed by atoms with Crippen LogP contribution in [0.1, 0.15) is 27.7 Å². The first-order valence-corrected chi connectivity index (χ1v) is 11.5. The smallest absolute Gasteiger partial charge is 0.316 e. The lowest BCUT2D eigenvalue weighted by Gasteiger charge is -1.87. The molecule has 0 radical (unpaired) electrons. The van der Waals surface area contributed by atoms with Gasteiger partial charge in [0, 0.05) is 12.2 Å². The average Bonchev–Trinajstić information content (AvgIpc) is 2.99. The van der Waals surface area contributed by atoms with Crippen LogP contribution in [0.2, 0.25) is 0 Å². The van der Waals surface area contributed by atoms with Gasteiger partial charge in [-0.2, -0.15) is 0 Å². The molecule has 0 aromatic rings. The van der Waals surface area contributed by atoms with Gasteiger partial charge in [0.25, 0.3) is 11.8 Å². The molecule has 11 nitrogen and oxygen atoms in total. The fraction of sp³-hybridized carbons (Fsp3) is 0.500. The number of carbonyl (C=O) groups is 6. The van der Waals surface area contributed by atoms with E-state index in [1.54, 1.807) is 27.7 Å². The molecule has 1 rings (SSSR count). The number of aliphatic carboxylic acids is 4. The predicted octanol–water partition coefficient (Wildman–Crippen LogP) is 2.62. The summed E-state index contributed by atoms with van der Waals surface area (Å²) in [5.74, 6) is -3.95. The van der Waals surface area contributed by atoms with E-state index in [2.05, 4.69) is 63.7 Å². The third-order valence-electron chi connectivity index (χ3n) is 1.99. The molecular weight excluding hydrogens is 686 g/mol. The minimum Gasteiger partial charge on any atom is -0.480 e. The van der Waals surface area contributed by atoms with Crippen LogP contribution in [0.15, 0.2) is 12.2 Å². The lowest BCUT2D eigenvalue weighted by atomic mass is 10.5. The Morgan fingerprint density at radius 1 is 0.613 bits per heavy atom. The Hall–Kier alpha value is -1.32.